The van der Waals surface area contributed by atoms with Crippen LogP contribution in [0.4, 0.5) is 0 Å². The molecule has 2 N–H and O–H groups in total. The summed E-state index contributed by atoms with van der Waals surface area (Å²) in [5, 5.41) is 13.6. The summed E-state index contributed by atoms with van der Waals surface area (Å²) in [6, 6.07) is 5.43. The SMILES string of the molecule is Cc1ncccc1C(=O)NCc1sccc1C#CCCO. The van der Waals surface area contributed by atoms with Crippen LogP contribution < -0.4 is 5.32 Å². The normalized spacial score (nSPS) is 9.81. The Labute approximate surface area is 127 Å². The summed E-state index contributed by atoms with van der Waals surface area (Å²) < 4.78 is 0. The van der Waals surface area contributed by atoms with Gasteiger partial charge in [0.1, 0.15) is 0 Å². The quantitative estimate of drug-likeness (QED) is 0.850. The highest BCUT2D eigenvalue weighted by molar-refractivity contribution is 7.10. The molecule has 0 bridgehead atoms. The average Bonchev–Trinajstić information content (AvgIpc) is 2.93. The molecule has 2 aromatic rings. The molecule has 0 aliphatic rings. The number of pyridine rings is 1. The van der Waals surface area contributed by atoms with Gasteiger partial charge in [0, 0.05) is 28.8 Å². The molecular formula is C16H16N2O2S. The molecule has 1 amide bonds. The van der Waals surface area contributed by atoms with Crippen LogP contribution in [-0.4, -0.2) is 22.6 Å². The summed E-state index contributed by atoms with van der Waals surface area (Å²) in [5.41, 5.74) is 2.20. The van der Waals surface area contributed by atoms with E-state index in [1.54, 1.807) is 29.7 Å². The fourth-order valence-corrected chi connectivity index (χ4v) is 2.55. The standard InChI is InChI=1S/C16H16N2O2S/c1-12-14(6-4-8-17-12)16(20)18-11-15-13(7-10-21-15)5-2-3-9-19/h4,6-8,10,19H,3,9,11H2,1H3,(H,18,20). The first-order chi connectivity index (χ1) is 10.2. The molecule has 0 aliphatic carbocycles. The van der Waals surface area contributed by atoms with E-state index in [0.717, 1.165) is 10.4 Å². The van der Waals surface area contributed by atoms with Gasteiger partial charge in [0.25, 0.3) is 5.91 Å². The second-order valence-corrected chi connectivity index (χ2v) is 5.35. The lowest BCUT2D eigenvalue weighted by molar-refractivity contribution is 0.0950. The molecule has 0 saturated carbocycles. The van der Waals surface area contributed by atoms with Gasteiger partial charge >= 0.3 is 0 Å². The van der Waals surface area contributed by atoms with Crippen molar-refractivity contribution in [2.24, 2.45) is 0 Å². The van der Waals surface area contributed by atoms with Crippen molar-refractivity contribution in [3.8, 4) is 11.8 Å². The van der Waals surface area contributed by atoms with Crippen molar-refractivity contribution < 1.29 is 9.90 Å². The minimum Gasteiger partial charge on any atom is -0.395 e. The molecule has 2 aromatic heterocycles. The number of hydrogen-bond acceptors (Lipinski definition) is 4. The fraction of sp³-hybridized carbons (Fsp3) is 0.250. The van der Waals surface area contributed by atoms with E-state index in [1.165, 1.54) is 0 Å². The number of aliphatic hydroxyl groups is 1. The number of thiophene rings is 1. The first-order valence-corrected chi connectivity index (χ1v) is 7.46. The van der Waals surface area contributed by atoms with Crippen LogP contribution in [0.2, 0.25) is 0 Å². The zero-order valence-corrected chi connectivity index (χ0v) is 12.5. The topological polar surface area (TPSA) is 62.2 Å². The van der Waals surface area contributed by atoms with Gasteiger partial charge in [0.15, 0.2) is 0 Å². The van der Waals surface area contributed by atoms with Crippen LogP contribution in [-0.2, 0) is 6.54 Å². The molecule has 0 spiro atoms. The second kappa shape index (κ2) is 7.58. The van der Waals surface area contributed by atoms with Crippen molar-refractivity contribution in [1.29, 1.82) is 0 Å². The number of amides is 1. The molecule has 0 aromatic carbocycles. The predicted molar refractivity (Wildman–Crippen MR) is 83.0 cm³/mol. The fourth-order valence-electron chi connectivity index (χ4n) is 1.78. The van der Waals surface area contributed by atoms with Crippen LogP contribution in [0.1, 0.15) is 32.9 Å². The number of rotatable bonds is 4. The number of carbonyl (C=O) groups is 1. The number of hydrogen-bond donors (Lipinski definition) is 2. The zero-order chi connectivity index (χ0) is 15.1. The Balaban J connectivity index is 2.01. The minimum absolute atomic E-state index is 0.0590. The molecule has 5 heteroatoms. The highest BCUT2D eigenvalue weighted by Gasteiger charge is 2.10. The Morgan fingerprint density at radius 3 is 3.10 bits per heavy atom. The molecule has 21 heavy (non-hydrogen) atoms. The number of carbonyl (C=O) groups excluding carboxylic acids is 1. The van der Waals surface area contributed by atoms with E-state index in [9.17, 15) is 4.79 Å². The lowest BCUT2D eigenvalue weighted by Crippen LogP contribution is -2.23. The summed E-state index contributed by atoms with van der Waals surface area (Å²) in [6.45, 7) is 2.31. The van der Waals surface area contributed by atoms with Crippen molar-refractivity contribution in [3.05, 3.63) is 51.5 Å². The predicted octanol–water partition coefficient (Wildman–Crippen LogP) is 2.12. The van der Waals surface area contributed by atoms with Gasteiger partial charge in [0.05, 0.1) is 18.7 Å². The highest BCUT2D eigenvalue weighted by Crippen LogP contribution is 2.16. The number of aryl methyl sites for hydroxylation is 1. The first kappa shape index (κ1) is 15.2. The molecular weight excluding hydrogens is 284 g/mol. The Morgan fingerprint density at radius 2 is 2.33 bits per heavy atom. The van der Waals surface area contributed by atoms with Crippen LogP contribution in [0.15, 0.2) is 29.8 Å². The van der Waals surface area contributed by atoms with E-state index < -0.39 is 0 Å². The summed E-state index contributed by atoms with van der Waals surface area (Å²) in [5.74, 6) is 5.76. The number of nitrogens with one attached hydrogen (secondary N) is 1. The second-order valence-electron chi connectivity index (χ2n) is 4.35. The largest absolute Gasteiger partial charge is 0.395 e. The van der Waals surface area contributed by atoms with E-state index in [2.05, 4.69) is 22.1 Å². The maximum Gasteiger partial charge on any atom is 0.253 e. The van der Waals surface area contributed by atoms with Gasteiger partial charge < -0.3 is 10.4 Å². The van der Waals surface area contributed by atoms with Crippen molar-refractivity contribution >= 4 is 17.2 Å². The molecule has 2 heterocycles. The van der Waals surface area contributed by atoms with Crippen molar-refractivity contribution in [2.45, 2.75) is 19.9 Å². The maximum absolute atomic E-state index is 12.1. The van der Waals surface area contributed by atoms with Crippen LogP contribution in [0.3, 0.4) is 0 Å². The zero-order valence-electron chi connectivity index (χ0n) is 11.7. The van der Waals surface area contributed by atoms with E-state index in [4.69, 9.17) is 5.11 Å². The van der Waals surface area contributed by atoms with Gasteiger partial charge in [0.2, 0.25) is 0 Å². The van der Waals surface area contributed by atoms with Crippen molar-refractivity contribution in [1.82, 2.24) is 10.3 Å². The third-order valence-electron chi connectivity index (χ3n) is 2.87. The molecule has 108 valence electrons. The van der Waals surface area contributed by atoms with E-state index >= 15 is 0 Å². The molecule has 0 saturated heterocycles. The summed E-state index contributed by atoms with van der Waals surface area (Å²) in [4.78, 5) is 17.2. The summed E-state index contributed by atoms with van der Waals surface area (Å²) in [7, 11) is 0. The summed E-state index contributed by atoms with van der Waals surface area (Å²) >= 11 is 1.55. The molecule has 0 atom stereocenters. The van der Waals surface area contributed by atoms with Crippen LogP contribution >= 0.6 is 11.3 Å². The molecule has 0 radical (unpaired) electrons. The van der Waals surface area contributed by atoms with Gasteiger partial charge in [-0.15, -0.1) is 11.3 Å². The van der Waals surface area contributed by atoms with E-state index in [0.29, 0.717) is 24.2 Å². The van der Waals surface area contributed by atoms with Gasteiger partial charge in [-0.1, -0.05) is 11.8 Å². The van der Waals surface area contributed by atoms with Crippen molar-refractivity contribution in [2.75, 3.05) is 6.61 Å². The van der Waals surface area contributed by atoms with Gasteiger partial charge in [-0.3, -0.25) is 9.78 Å². The number of aliphatic hydroxyl groups excluding tert-OH is 1. The maximum atomic E-state index is 12.1. The Kier molecular flexibility index (Phi) is 5.50. The first-order valence-electron chi connectivity index (χ1n) is 6.58. The minimum atomic E-state index is -0.136. The Bertz CT molecular complexity index is 683. The number of nitrogens with zero attached hydrogens (tertiary/aromatic N) is 1. The van der Waals surface area contributed by atoms with E-state index in [1.807, 2.05) is 18.4 Å². The lowest BCUT2D eigenvalue weighted by Gasteiger charge is -2.06. The van der Waals surface area contributed by atoms with Crippen molar-refractivity contribution in [3.63, 3.8) is 0 Å². The third-order valence-corrected chi connectivity index (χ3v) is 3.79. The molecule has 2 rings (SSSR count). The smallest absolute Gasteiger partial charge is 0.253 e. The van der Waals surface area contributed by atoms with E-state index in [-0.39, 0.29) is 12.5 Å². The third kappa shape index (κ3) is 4.15. The average molecular weight is 300 g/mol. The van der Waals surface area contributed by atoms with Crippen LogP contribution in [0.5, 0.6) is 0 Å². The lowest BCUT2D eigenvalue weighted by atomic mass is 10.2. The molecule has 0 fully saturated rings. The molecule has 0 aliphatic heterocycles. The Hall–Kier alpha value is -2.16. The monoisotopic (exact) mass is 300 g/mol. The molecule has 0 unspecified atom stereocenters. The Morgan fingerprint density at radius 1 is 1.48 bits per heavy atom. The van der Waals surface area contributed by atoms with Gasteiger partial charge in [-0.25, -0.2) is 0 Å². The highest BCUT2D eigenvalue weighted by atomic mass is 32.1. The van der Waals surface area contributed by atoms with Gasteiger partial charge in [-0.2, -0.15) is 0 Å². The van der Waals surface area contributed by atoms with Crippen LogP contribution in [0, 0.1) is 18.8 Å². The number of aromatic nitrogens is 1. The van der Waals surface area contributed by atoms with Gasteiger partial charge in [-0.05, 0) is 30.5 Å². The summed E-state index contributed by atoms with van der Waals surface area (Å²) in [6.07, 6.45) is 2.12. The molecule has 4 nitrogen and oxygen atoms in total. The van der Waals surface area contributed by atoms with Crippen LogP contribution in [0.25, 0.3) is 0 Å².